The molecule has 6 aromatic carbocycles. The van der Waals surface area contributed by atoms with Crippen LogP contribution in [0.2, 0.25) is 19.6 Å². The van der Waals surface area contributed by atoms with Crippen LogP contribution in [-0.2, 0) is 31.9 Å². The van der Waals surface area contributed by atoms with Crippen molar-refractivity contribution in [2.45, 2.75) is 84.2 Å². The van der Waals surface area contributed by atoms with Gasteiger partial charge in [-0.15, -0.1) is 64.7 Å². The second kappa shape index (κ2) is 17.7. The Bertz CT molecular complexity index is 2980. The maximum atomic E-state index is 9.03. The van der Waals surface area contributed by atoms with Crippen molar-refractivity contribution >= 4 is 24.3 Å². The summed E-state index contributed by atoms with van der Waals surface area (Å²) in [7, 11) is -1.80. The Morgan fingerprint density at radius 1 is 0.738 bits per heavy atom. The quantitative estimate of drug-likeness (QED) is 0.118. The summed E-state index contributed by atoms with van der Waals surface area (Å²) in [5.74, 6) is 0.942. The summed E-state index contributed by atoms with van der Waals surface area (Å²) >= 11 is 0. The normalized spacial score (nSPS) is 16.0. The van der Waals surface area contributed by atoms with Crippen LogP contribution in [0.1, 0.15) is 75.1 Å². The van der Waals surface area contributed by atoms with E-state index in [1.165, 1.54) is 45.9 Å². The van der Waals surface area contributed by atoms with Gasteiger partial charge in [-0.05, 0) is 75.1 Å². The van der Waals surface area contributed by atoms with E-state index in [1.54, 1.807) is 12.1 Å². The van der Waals surface area contributed by atoms with Gasteiger partial charge in [0.1, 0.15) is 0 Å². The number of benzene rings is 6. The van der Waals surface area contributed by atoms with E-state index < -0.39 is 21.3 Å². The van der Waals surface area contributed by atoms with Gasteiger partial charge in [-0.3, -0.25) is 4.98 Å². The Morgan fingerprint density at radius 2 is 1.44 bits per heavy atom. The number of pyridine rings is 1. The second-order valence-electron chi connectivity index (χ2n) is 17.9. The van der Waals surface area contributed by atoms with Gasteiger partial charge in [0.15, 0.2) is 0 Å². The summed E-state index contributed by atoms with van der Waals surface area (Å²) < 4.78 is 42.9. The SMILES string of the molecule is CC1(C)c2c[c-]c(-c3nc4ccccc4n3-c3ccc(-c4ccccc4)cc3)cc2-c2ccccc21.[2H]C([2H])([2H])c1c[c-]c(-c2cc(C([2H])([2H])C3CCCCC3)c([Si](C)(C)C)cn2)cc1.[Ir]. The van der Waals surface area contributed by atoms with Crippen LogP contribution in [0.15, 0.2) is 146 Å². The molecule has 2 aliphatic rings. The summed E-state index contributed by atoms with van der Waals surface area (Å²) in [6.45, 7) is 9.11. The summed E-state index contributed by atoms with van der Waals surface area (Å²) in [6.07, 6.45) is 5.68. The molecule has 61 heavy (non-hydrogen) atoms. The fraction of sp³-hybridized carbons (Fsp3) is 0.250. The van der Waals surface area contributed by atoms with Crippen molar-refractivity contribution in [3.8, 4) is 50.6 Å². The molecule has 0 N–H and O–H groups in total. The van der Waals surface area contributed by atoms with Crippen LogP contribution in [-0.4, -0.2) is 22.6 Å². The summed E-state index contributed by atoms with van der Waals surface area (Å²) in [5, 5.41) is 1.07. The molecular weight excluding hydrogens is 935 g/mol. The molecule has 1 fully saturated rings. The third-order valence-corrected chi connectivity index (χ3v) is 14.3. The topological polar surface area (TPSA) is 30.7 Å². The summed E-state index contributed by atoms with van der Waals surface area (Å²) in [4.78, 5) is 9.71. The zero-order valence-electron chi connectivity index (χ0n) is 40.6. The van der Waals surface area contributed by atoms with Gasteiger partial charge in [-0.25, -0.2) is 0 Å². The van der Waals surface area contributed by atoms with E-state index in [4.69, 9.17) is 11.8 Å². The number of aryl methyl sites for hydroxylation is 1. The first-order valence-electron chi connectivity index (χ1n) is 23.9. The van der Waals surface area contributed by atoms with Gasteiger partial charge in [0.2, 0.25) is 0 Å². The summed E-state index contributed by atoms with van der Waals surface area (Å²) in [6, 6.07) is 54.1. The van der Waals surface area contributed by atoms with E-state index in [2.05, 4.69) is 164 Å². The van der Waals surface area contributed by atoms with Gasteiger partial charge < -0.3 is 9.55 Å². The van der Waals surface area contributed by atoms with Gasteiger partial charge in [-0.1, -0.05) is 169 Å². The molecule has 8 aromatic rings. The van der Waals surface area contributed by atoms with Crippen LogP contribution < -0.4 is 5.19 Å². The van der Waals surface area contributed by atoms with Crippen LogP contribution in [0.5, 0.6) is 0 Å². The molecule has 10 rings (SSSR count). The zero-order valence-corrected chi connectivity index (χ0v) is 39.0. The third kappa shape index (κ3) is 8.66. The fourth-order valence-electron chi connectivity index (χ4n) is 9.04. The average Bonchev–Trinajstić information content (AvgIpc) is 3.81. The molecule has 1 saturated carbocycles. The van der Waals surface area contributed by atoms with Gasteiger partial charge in [-0.2, -0.15) is 0 Å². The number of fused-ring (bicyclic) bond motifs is 4. The van der Waals surface area contributed by atoms with Crippen molar-refractivity contribution in [2.75, 3.05) is 0 Å². The number of aromatic nitrogens is 3. The van der Waals surface area contributed by atoms with E-state index in [-0.39, 0.29) is 37.0 Å². The number of imidazole rings is 1. The van der Waals surface area contributed by atoms with Gasteiger partial charge in [0.05, 0.1) is 24.9 Å². The van der Waals surface area contributed by atoms with Gasteiger partial charge >= 0.3 is 0 Å². The number of nitrogens with zero attached hydrogens (tertiary/aromatic N) is 3. The molecule has 0 unspecified atom stereocenters. The first kappa shape index (κ1) is 36.5. The molecule has 309 valence electrons. The Morgan fingerprint density at radius 3 is 2.18 bits per heavy atom. The van der Waals surface area contributed by atoms with E-state index in [1.807, 2.05) is 18.3 Å². The molecule has 0 saturated heterocycles. The van der Waals surface area contributed by atoms with Crippen molar-refractivity contribution in [3.63, 3.8) is 0 Å². The minimum Gasteiger partial charge on any atom is -0.333 e. The maximum absolute atomic E-state index is 9.03. The Balaban J connectivity index is 0.000000182. The van der Waals surface area contributed by atoms with Gasteiger partial charge in [0, 0.05) is 38.8 Å². The van der Waals surface area contributed by atoms with E-state index in [0.717, 1.165) is 64.5 Å². The summed E-state index contributed by atoms with van der Waals surface area (Å²) in [5.41, 5.74) is 14.2. The van der Waals surface area contributed by atoms with Crippen LogP contribution in [0, 0.1) is 24.9 Å². The van der Waals surface area contributed by atoms with Crippen LogP contribution in [0.3, 0.4) is 0 Å². The van der Waals surface area contributed by atoms with Crippen molar-refractivity contribution in [1.29, 1.82) is 0 Å². The molecule has 0 bridgehead atoms. The van der Waals surface area contributed by atoms with Crippen LogP contribution in [0.25, 0.3) is 61.6 Å². The molecule has 0 atom stereocenters. The molecule has 2 aromatic heterocycles. The molecular formula is C56H55IrN3Si-2. The van der Waals surface area contributed by atoms with E-state index >= 15 is 0 Å². The van der Waals surface area contributed by atoms with Crippen molar-refractivity contribution in [2.24, 2.45) is 5.92 Å². The van der Waals surface area contributed by atoms with Gasteiger partial charge in [0.25, 0.3) is 0 Å². The van der Waals surface area contributed by atoms with Crippen molar-refractivity contribution < 1.29 is 27.0 Å². The fourth-order valence-corrected chi connectivity index (χ4v) is 10.4. The number of hydrogen-bond donors (Lipinski definition) is 0. The maximum Gasteiger partial charge on any atom is 0.0798 e. The third-order valence-electron chi connectivity index (χ3n) is 12.3. The minimum absolute atomic E-state index is 0. The van der Waals surface area contributed by atoms with E-state index in [0.29, 0.717) is 11.3 Å². The van der Waals surface area contributed by atoms with Crippen molar-refractivity contribution in [1.82, 2.24) is 14.5 Å². The number of para-hydroxylation sites is 2. The predicted molar refractivity (Wildman–Crippen MR) is 255 cm³/mol. The zero-order chi connectivity index (χ0) is 45.7. The second-order valence-corrected chi connectivity index (χ2v) is 22.9. The Labute approximate surface area is 384 Å². The van der Waals surface area contributed by atoms with Crippen LogP contribution >= 0.6 is 0 Å². The molecule has 0 spiro atoms. The molecule has 3 nitrogen and oxygen atoms in total. The van der Waals surface area contributed by atoms with E-state index in [9.17, 15) is 0 Å². The largest absolute Gasteiger partial charge is 0.333 e. The van der Waals surface area contributed by atoms with Crippen molar-refractivity contribution in [3.05, 3.63) is 180 Å². The first-order valence-corrected chi connectivity index (χ1v) is 24.9. The molecule has 1 radical (unpaired) electrons. The molecule has 5 heteroatoms. The predicted octanol–water partition coefficient (Wildman–Crippen LogP) is 14.0. The minimum atomic E-state index is -2.16. The average molecular weight is 995 g/mol. The molecule has 2 heterocycles. The molecule has 2 aliphatic carbocycles. The molecule has 0 amide bonds. The Kier molecular flexibility index (Phi) is 10.6. The monoisotopic (exact) mass is 995 g/mol. The molecule has 0 aliphatic heterocycles. The standard InChI is InChI=1S/C34H25N2.C22H30NSi.Ir/c1-34(2)29-13-7-6-12-27(29)28-22-25(18-21-30(28)34)33-35-31-14-8-9-15-32(31)36(33)26-19-16-24(17-20-26)23-10-4-3-5-11-23;1-17-10-12-19(13-11-17)21-15-20(14-18-8-6-5-7-9-18)22(16-23-21)24(2,3)4;/h3-17,19-22H,1-2H3;10-12,15-16,18H,5-9,14H2,1-4H3;/q2*-1;/i;1D3,14D2;. The smallest absolute Gasteiger partial charge is 0.0798 e. The number of rotatable bonds is 7. The number of hydrogen-bond acceptors (Lipinski definition) is 2. The Hall–Kier alpha value is -5.19. The first-order chi connectivity index (χ1) is 31.0. The van der Waals surface area contributed by atoms with Crippen LogP contribution in [0.4, 0.5) is 0 Å².